The average molecular weight is 454 g/mol. The summed E-state index contributed by atoms with van der Waals surface area (Å²) in [6.45, 7) is 2.07. The maximum atomic E-state index is 13.5. The Labute approximate surface area is 187 Å². The van der Waals surface area contributed by atoms with Gasteiger partial charge >= 0.3 is 5.97 Å². The maximum absolute atomic E-state index is 13.5. The summed E-state index contributed by atoms with van der Waals surface area (Å²) in [7, 11) is 0. The second-order valence-corrected chi connectivity index (χ2v) is 8.17. The van der Waals surface area contributed by atoms with Gasteiger partial charge in [0.05, 0.1) is 22.8 Å². The molecule has 1 fully saturated rings. The van der Waals surface area contributed by atoms with E-state index in [-0.39, 0.29) is 11.9 Å². The van der Waals surface area contributed by atoms with Crippen LogP contribution in [0.15, 0.2) is 70.0 Å². The average Bonchev–Trinajstić information content (AvgIpc) is 3.33. The Bertz CT molecular complexity index is 1200. The van der Waals surface area contributed by atoms with Crippen LogP contribution in [0.4, 0.5) is 10.1 Å². The Balaban J connectivity index is 1.54. The van der Waals surface area contributed by atoms with Crippen molar-refractivity contribution >= 4 is 51.9 Å². The Morgan fingerprint density at radius 1 is 1.19 bits per heavy atom. The molecule has 0 N–H and O–H groups in total. The van der Waals surface area contributed by atoms with Crippen LogP contribution in [-0.2, 0) is 9.53 Å². The number of amides is 1. The quantitative estimate of drug-likeness (QED) is 0.282. The third-order valence-corrected chi connectivity index (χ3v) is 5.74. The van der Waals surface area contributed by atoms with Crippen LogP contribution in [-0.4, -0.2) is 22.8 Å². The first-order valence-corrected chi connectivity index (χ1v) is 10.6. The molecule has 8 heteroatoms. The highest BCUT2D eigenvalue weighted by Gasteiger charge is 2.33. The molecule has 5 nitrogen and oxygen atoms in total. The van der Waals surface area contributed by atoms with Gasteiger partial charge in [-0.1, -0.05) is 42.2 Å². The van der Waals surface area contributed by atoms with Gasteiger partial charge in [-0.05, 0) is 49.4 Å². The molecular weight excluding hydrogens is 437 g/mol. The number of ether oxygens (including phenoxy) is 1. The van der Waals surface area contributed by atoms with Crippen molar-refractivity contribution in [2.45, 2.75) is 6.92 Å². The van der Waals surface area contributed by atoms with Crippen molar-refractivity contribution in [3.63, 3.8) is 0 Å². The zero-order chi connectivity index (χ0) is 22.0. The molecule has 1 aliphatic heterocycles. The zero-order valence-corrected chi connectivity index (χ0v) is 18.0. The number of hydrogen-bond donors (Lipinski definition) is 0. The summed E-state index contributed by atoms with van der Waals surface area (Å²) >= 11 is 6.43. The fourth-order valence-electron chi connectivity index (χ4n) is 3.01. The molecular formula is C23H16FNO4S2. The molecule has 0 unspecified atom stereocenters. The van der Waals surface area contributed by atoms with Crippen LogP contribution in [0, 0.1) is 5.82 Å². The number of thioether (sulfide) groups is 1. The largest absolute Gasteiger partial charge is 0.462 e. The summed E-state index contributed by atoms with van der Waals surface area (Å²) in [5.74, 6) is -0.0986. The molecule has 0 radical (unpaired) electrons. The Morgan fingerprint density at radius 3 is 2.68 bits per heavy atom. The highest BCUT2D eigenvalue weighted by molar-refractivity contribution is 8.27. The second kappa shape index (κ2) is 8.87. The molecule has 1 aromatic heterocycles. The molecule has 1 saturated heterocycles. The van der Waals surface area contributed by atoms with Gasteiger partial charge in [-0.3, -0.25) is 9.69 Å². The van der Waals surface area contributed by atoms with Crippen molar-refractivity contribution in [2.24, 2.45) is 0 Å². The Hall–Kier alpha value is -3.23. The van der Waals surface area contributed by atoms with Crippen molar-refractivity contribution in [1.82, 2.24) is 0 Å². The fraction of sp³-hybridized carbons (Fsp3) is 0.0870. The normalized spacial score (nSPS) is 15.0. The summed E-state index contributed by atoms with van der Waals surface area (Å²) in [6, 6.07) is 16.1. The van der Waals surface area contributed by atoms with Gasteiger partial charge < -0.3 is 9.15 Å². The van der Waals surface area contributed by atoms with E-state index in [4.69, 9.17) is 21.4 Å². The molecule has 156 valence electrons. The molecule has 2 heterocycles. The number of thiocarbonyl (C=S) groups is 1. The van der Waals surface area contributed by atoms with Crippen molar-refractivity contribution in [1.29, 1.82) is 0 Å². The number of rotatable bonds is 5. The van der Waals surface area contributed by atoms with Gasteiger partial charge in [0, 0.05) is 11.6 Å². The Morgan fingerprint density at radius 2 is 1.97 bits per heavy atom. The summed E-state index contributed by atoms with van der Waals surface area (Å²) in [6.07, 6.45) is 1.61. The predicted octanol–water partition coefficient (Wildman–Crippen LogP) is 5.67. The number of furan rings is 1. The van der Waals surface area contributed by atoms with E-state index in [1.54, 1.807) is 55.5 Å². The van der Waals surface area contributed by atoms with E-state index >= 15 is 0 Å². The first kappa shape index (κ1) is 21.0. The SMILES string of the molecule is CCOC(=O)c1ccc(-c2ccc(/C=C3\SC(=S)N(c4cccc(F)c4)C3=O)o2)cc1. The standard InChI is InChI=1S/C23H16FNO4S2/c1-2-28-22(27)15-8-6-14(7-9-15)19-11-10-18(29-19)13-20-21(26)25(23(30)31-20)17-5-3-4-16(24)12-17/h3-13H,2H2,1H3/b20-13-. The lowest BCUT2D eigenvalue weighted by molar-refractivity contribution is -0.113. The van der Waals surface area contributed by atoms with E-state index in [1.165, 1.54) is 23.1 Å². The minimum absolute atomic E-state index is 0.313. The summed E-state index contributed by atoms with van der Waals surface area (Å²) in [5.41, 5.74) is 1.62. The van der Waals surface area contributed by atoms with Crippen LogP contribution in [0.2, 0.25) is 0 Å². The third kappa shape index (κ3) is 4.45. The number of anilines is 1. The van der Waals surface area contributed by atoms with Gasteiger partial charge in [-0.15, -0.1) is 0 Å². The highest BCUT2D eigenvalue weighted by atomic mass is 32.2. The van der Waals surface area contributed by atoms with Crippen molar-refractivity contribution in [2.75, 3.05) is 11.5 Å². The van der Waals surface area contributed by atoms with E-state index in [1.807, 2.05) is 0 Å². The number of benzene rings is 2. The van der Waals surface area contributed by atoms with Crippen LogP contribution in [0.25, 0.3) is 17.4 Å². The number of halogens is 1. The lowest BCUT2D eigenvalue weighted by atomic mass is 10.1. The first-order chi connectivity index (χ1) is 15.0. The Kier molecular flexibility index (Phi) is 6.01. The fourth-order valence-corrected chi connectivity index (χ4v) is 4.28. The van der Waals surface area contributed by atoms with Crippen molar-refractivity contribution in [3.8, 4) is 11.3 Å². The molecule has 0 atom stereocenters. The molecule has 0 saturated carbocycles. The van der Waals surface area contributed by atoms with E-state index in [0.29, 0.717) is 38.6 Å². The van der Waals surface area contributed by atoms with Crippen molar-refractivity contribution in [3.05, 3.63) is 82.7 Å². The van der Waals surface area contributed by atoms with Crippen LogP contribution >= 0.6 is 24.0 Å². The van der Waals surface area contributed by atoms with E-state index in [0.717, 1.165) is 17.3 Å². The highest BCUT2D eigenvalue weighted by Crippen LogP contribution is 2.36. The lowest BCUT2D eigenvalue weighted by Crippen LogP contribution is -2.27. The third-order valence-electron chi connectivity index (χ3n) is 4.44. The number of nitrogens with zero attached hydrogens (tertiary/aromatic N) is 1. The topological polar surface area (TPSA) is 59.8 Å². The molecule has 1 amide bonds. The van der Waals surface area contributed by atoms with E-state index < -0.39 is 5.82 Å². The minimum atomic E-state index is -0.444. The summed E-state index contributed by atoms with van der Waals surface area (Å²) in [5, 5.41) is 0. The molecule has 3 aromatic rings. The van der Waals surface area contributed by atoms with E-state index in [9.17, 15) is 14.0 Å². The molecule has 0 aliphatic carbocycles. The monoisotopic (exact) mass is 453 g/mol. The van der Waals surface area contributed by atoms with Gasteiger partial charge in [0.1, 0.15) is 17.3 Å². The molecule has 4 rings (SSSR count). The second-order valence-electron chi connectivity index (χ2n) is 6.50. The molecule has 1 aliphatic rings. The van der Waals surface area contributed by atoms with Crippen LogP contribution in [0.1, 0.15) is 23.0 Å². The minimum Gasteiger partial charge on any atom is -0.462 e. The van der Waals surface area contributed by atoms with Gasteiger partial charge in [0.15, 0.2) is 4.32 Å². The maximum Gasteiger partial charge on any atom is 0.338 e. The molecule has 0 bridgehead atoms. The first-order valence-electron chi connectivity index (χ1n) is 9.37. The van der Waals surface area contributed by atoms with Gasteiger partial charge in [0.25, 0.3) is 5.91 Å². The van der Waals surface area contributed by atoms with Gasteiger partial charge in [0.2, 0.25) is 0 Å². The predicted molar refractivity (Wildman–Crippen MR) is 122 cm³/mol. The zero-order valence-electron chi connectivity index (χ0n) is 16.3. The van der Waals surface area contributed by atoms with Gasteiger partial charge in [-0.25, -0.2) is 9.18 Å². The molecule has 31 heavy (non-hydrogen) atoms. The molecule has 2 aromatic carbocycles. The summed E-state index contributed by atoms with van der Waals surface area (Å²) in [4.78, 5) is 26.3. The molecule has 0 spiro atoms. The van der Waals surface area contributed by atoms with Crippen LogP contribution < -0.4 is 4.90 Å². The number of carbonyl (C=O) groups excluding carboxylic acids is 2. The van der Waals surface area contributed by atoms with Crippen LogP contribution in [0.3, 0.4) is 0 Å². The van der Waals surface area contributed by atoms with E-state index in [2.05, 4.69) is 0 Å². The number of esters is 1. The van der Waals surface area contributed by atoms with Crippen molar-refractivity contribution < 1.29 is 23.1 Å². The summed E-state index contributed by atoms with van der Waals surface area (Å²) < 4.78 is 24.7. The number of hydrogen-bond acceptors (Lipinski definition) is 6. The smallest absolute Gasteiger partial charge is 0.338 e. The lowest BCUT2D eigenvalue weighted by Gasteiger charge is -2.14. The van der Waals surface area contributed by atoms with Crippen LogP contribution in [0.5, 0.6) is 0 Å². The van der Waals surface area contributed by atoms with Gasteiger partial charge in [-0.2, -0.15) is 0 Å². The number of carbonyl (C=O) groups is 2.